The molecule has 2 heterocycles. The summed E-state index contributed by atoms with van der Waals surface area (Å²) in [6.07, 6.45) is 8.25. The third-order valence-electron chi connectivity index (χ3n) is 2.45. The highest BCUT2D eigenvalue weighted by Crippen LogP contribution is 2.08. The SMILES string of the molecule is CC(=O)NCCC=Cc1cnn(-c2ccc(Cl)nn2)c1. The van der Waals surface area contributed by atoms with Gasteiger partial charge in [-0.25, -0.2) is 4.68 Å². The molecule has 0 unspecified atom stereocenters. The Balaban J connectivity index is 1.93. The van der Waals surface area contributed by atoms with Crippen LogP contribution in [0.3, 0.4) is 0 Å². The largest absolute Gasteiger partial charge is 0.356 e. The fourth-order valence-electron chi connectivity index (χ4n) is 1.53. The minimum absolute atomic E-state index is 0.0208. The maximum atomic E-state index is 10.7. The number of nitrogens with one attached hydrogen (secondary N) is 1. The molecule has 0 saturated heterocycles. The van der Waals surface area contributed by atoms with Crippen molar-refractivity contribution in [3.8, 4) is 5.82 Å². The van der Waals surface area contributed by atoms with Crippen molar-refractivity contribution in [1.29, 1.82) is 0 Å². The first kappa shape index (κ1) is 14.2. The summed E-state index contributed by atoms with van der Waals surface area (Å²) in [5.41, 5.74) is 0.949. The molecule has 1 amide bonds. The zero-order chi connectivity index (χ0) is 14.4. The van der Waals surface area contributed by atoms with Crippen LogP contribution in [0.2, 0.25) is 5.15 Å². The van der Waals surface area contributed by atoms with Gasteiger partial charge in [0, 0.05) is 25.2 Å². The van der Waals surface area contributed by atoms with E-state index in [1.165, 1.54) is 6.92 Å². The summed E-state index contributed by atoms with van der Waals surface area (Å²) in [5, 5.41) is 15.0. The molecule has 104 valence electrons. The van der Waals surface area contributed by atoms with E-state index in [1.807, 2.05) is 18.3 Å². The van der Waals surface area contributed by atoms with Gasteiger partial charge in [0.25, 0.3) is 0 Å². The molecular formula is C13H14ClN5O. The topological polar surface area (TPSA) is 72.7 Å². The normalized spacial score (nSPS) is 10.9. The van der Waals surface area contributed by atoms with Gasteiger partial charge in [0.05, 0.1) is 6.20 Å². The van der Waals surface area contributed by atoms with E-state index in [4.69, 9.17) is 11.6 Å². The van der Waals surface area contributed by atoms with E-state index in [0.29, 0.717) is 17.5 Å². The Morgan fingerprint density at radius 2 is 2.30 bits per heavy atom. The van der Waals surface area contributed by atoms with E-state index in [-0.39, 0.29) is 5.91 Å². The Bertz CT molecular complexity index is 605. The van der Waals surface area contributed by atoms with Crippen LogP contribution < -0.4 is 5.32 Å². The summed E-state index contributed by atoms with van der Waals surface area (Å²) < 4.78 is 1.62. The lowest BCUT2D eigenvalue weighted by Gasteiger charge is -1.97. The number of carbonyl (C=O) groups is 1. The van der Waals surface area contributed by atoms with Gasteiger partial charge < -0.3 is 5.32 Å². The second kappa shape index (κ2) is 6.81. The Labute approximate surface area is 121 Å². The van der Waals surface area contributed by atoms with Gasteiger partial charge in [-0.1, -0.05) is 23.8 Å². The average Bonchev–Trinajstić information content (AvgIpc) is 2.87. The highest BCUT2D eigenvalue weighted by atomic mass is 35.5. The van der Waals surface area contributed by atoms with Crippen LogP contribution in [0.5, 0.6) is 0 Å². The van der Waals surface area contributed by atoms with E-state index >= 15 is 0 Å². The smallest absolute Gasteiger partial charge is 0.216 e. The van der Waals surface area contributed by atoms with Crippen LogP contribution in [0.15, 0.2) is 30.6 Å². The summed E-state index contributed by atoms with van der Waals surface area (Å²) in [6, 6.07) is 3.40. The van der Waals surface area contributed by atoms with Gasteiger partial charge in [-0.05, 0) is 18.6 Å². The van der Waals surface area contributed by atoms with Crippen molar-refractivity contribution < 1.29 is 4.79 Å². The molecule has 0 aliphatic carbocycles. The lowest BCUT2D eigenvalue weighted by Crippen LogP contribution is -2.20. The van der Waals surface area contributed by atoms with Gasteiger partial charge in [-0.3, -0.25) is 4.79 Å². The molecule has 7 heteroatoms. The van der Waals surface area contributed by atoms with Crippen LogP contribution in [0.25, 0.3) is 11.9 Å². The highest BCUT2D eigenvalue weighted by molar-refractivity contribution is 6.29. The van der Waals surface area contributed by atoms with Gasteiger partial charge in [0.1, 0.15) is 0 Å². The van der Waals surface area contributed by atoms with Crippen molar-refractivity contribution in [3.05, 3.63) is 41.3 Å². The van der Waals surface area contributed by atoms with Crippen molar-refractivity contribution in [1.82, 2.24) is 25.3 Å². The van der Waals surface area contributed by atoms with Gasteiger partial charge in [-0.15, -0.1) is 10.2 Å². The first-order chi connectivity index (χ1) is 9.65. The summed E-state index contributed by atoms with van der Waals surface area (Å²) in [5.74, 6) is 0.583. The number of amides is 1. The lowest BCUT2D eigenvalue weighted by atomic mass is 10.3. The minimum atomic E-state index is -0.0208. The van der Waals surface area contributed by atoms with E-state index in [0.717, 1.165) is 12.0 Å². The van der Waals surface area contributed by atoms with Crippen LogP contribution in [0, 0.1) is 0 Å². The molecular weight excluding hydrogens is 278 g/mol. The second-order valence-electron chi connectivity index (χ2n) is 4.11. The number of rotatable bonds is 5. The second-order valence-corrected chi connectivity index (χ2v) is 4.49. The van der Waals surface area contributed by atoms with Crippen molar-refractivity contribution >= 4 is 23.6 Å². The minimum Gasteiger partial charge on any atom is -0.356 e. The fraction of sp³-hybridized carbons (Fsp3) is 0.231. The molecule has 2 rings (SSSR count). The van der Waals surface area contributed by atoms with Crippen molar-refractivity contribution in [3.63, 3.8) is 0 Å². The number of nitrogens with zero attached hydrogens (tertiary/aromatic N) is 4. The third kappa shape index (κ3) is 4.17. The Morgan fingerprint density at radius 3 is 3.00 bits per heavy atom. The molecule has 0 aliphatic heterocycles. The molecule has 0 fully saturated rings. The van der Waals surface area contributed by atoms with Crippen molar-refractivity contribution in [2.24, 2.45) is 0 Å². The Kier molecular flexibility index (Phi) is 4.84. The molecule has 0 spiro atoms. The summed E-state index contributed by atoms with van der Waals surface area (Å²) in [4.78, 5) is 10.7. The first-order valence-electron chi connectivity index (χ1n) is 6.10. The van der Waals surface area contributed by atoms with E-state index in [2.05, 4.69) is 20.6 Å². The van der Waals surface area contributed by atoms with Gasteiger partial charge in [0.2, 0.25) is 5.91 Å². The van der Waals surface area contributed by atoms with E-state index < -0.39 is 0 Å². The highest BCUT2D eigenvalue weighted by Gasteiger charge is 2.00. The molecule has 2 aromatic heterocycles. The fourth-order valence-corrected chi connectivity index (χ4v) is 1.63. The molecule has 1 N–H and O–H groups in total. The monoisotopic (exact) mass is 291 g/mol. The van der Waals surface area contributed by atoms with E-state index in [9.17, 15) is 4.79 Å². The number of halogens is 1. The maximum absolute atomic E-state index is 10.7. The van der Waals surface area contributed by atoms with Crippen LogP contribution in [0.4, 0.5) is 0 Å². The third-order valence-corrected chi connectivity index (χ3v) is 2.65. The van der Waals surface area contributed by atoms with Crippen molar-refractivity contribution in [2.75, 3.05) is 6.54 Å². The van der Waals surface area contributed by atoms with Crippen molar-refractivity contribution in [2.45, 2.75) is 13.3 Å². The van der Waals surface area contributed by atoms with Crippen LogP contribution in [0.1, 0.15) is 18.9 Å². The lowest BCUT2D eigenvalue weighted by molar-refractivity contribution is -0.118. The Hall–Kier alpha value is -2.21. The van der Waals surface area contributed by atoms with Gasteiger partial charge in [-0.2, -0.15) is 5.10 Å². The molecule has 20 heavy (non-hydrogen) atoms. The molecule has 0 saturated carbocycles. The molecule has 6 nitrogen and oxygen atoms in total. The summed E-state index contributed by atoms with van der Waals surface area (Å²) in [7, 11) is 0. The molecule has 0 aromatic carbocycles. The predicted octanol–water partition coefficient (Wildman–Crippen LogP) is 1.86. The zero-order valence-corrected chi connectivity index (χ0v) is 11.7. The number of hydrogen-bond donors (Lipinski definition) is 1. The summed E-state index contributed by atoms with van der Waals surface area (Å²) in [6.45, 7) is 2.13. The quantitative estimate of drug-likeness (QED) is 0.853. The Morgan fingerprint density at radius 1 is 1.45 bits per heavy atom. The zero-order valence-electron chi connectivity index (χ0n) is 11.0. The van der Waals surface area contributed by atoms with Gasteiger partial charge in [0.15, 0.2) is 11.0 Å². The molecule has 0 bridgehead atoms. The predicted molar refractivity (Wildman–Crippen MR) is 76.5 cm³/mol. The molecule has 0 atom stereocenters. The number of carbonyl (C=O) groups excluding carboxylic acids is 1. The standard InChI is InChI=1S/C13H14ClN5O/c1-10(20)15-7-3-2-4-11-8-16-19(9-11)13-6-5-12(14)17-18-13/h2,4-6,8-9H,3,7H2,1H3,(H,15,20). The summed E-state index contributed by atoms with van der Waals surface area (Å²) >= 11 is 5.68. The molecule has 2 aromatic rings. The van der Waals surface area contributed by atoms with Crippen LogP contribution in [-0.2, 0) is 4.79 Å². The molecule has 0 radical (unpaired) electrons. The first-order valence-corrected chi connectivity index (χ1v) is 6.48. The molecule has 0 aliphatic rings. The number of hydrogen-bond acceptors (Lipinski definition) is 4. The van der Waals surface area contributed by atoms with E-state index in [1.54, 1.807) is 23.0 Å². The van der Waals surface area contributed by atoms with Crippen LogP contribution >= 0.6 is 11.6 Å². The van der Waals surface area contributed by atoms with Gasteiger partial charge >= 0.3 is 0 Å². The number of aromatic nitrogens is 4. The average molecular weight is 292 g/mol. The maximum Gasteiger partial charge on any atom is 0.216 e. The van der Waals surface area contributed by atoms with Crippen LogP contribution in [-0.4, -0.2) is 32.4 Å².